The second-order valence-corrected chi connectivity index (χ2v) is 8.98. The highest BCUT2D eigenvalue weighted by Crippen LogP contribution is 2.26. The number of hydrogen-bond acceptors (Lipinski definition) is 5. The van der Waals surface area contributed by atoms with Gasteiger partial charge in [0.25, 0.3) is 15.9 Å². The SMILES string of the molecule is COC(=O)c1cn(C(=O)CN(c2ccc(F)cc2)S(=O)(=O)c2ccccc2)c2ccccc12. The van der Waals surface area contributed by atoms with E-state index in [0.717, 1.165) is 16.4 Å². The molecule has 0 atom stereocenters. The average Bonchev–Trinajstić information content (AvgIpc) is 3.23. The van der Waals surface area contributed by atoms with Gasteiger partial charge in [0.1, 0.15) is 12.4 Å². The molecule has 168 valence electrons. The van der Waals surface area contributed by atoms with Crippen LogP contribution in [0.15, 0.2) is 90.0 Å². The molecule has 1 heterocycles. The fourth-order valence-electron chi connectivity index (χ4n) is 3.50. The van der Waals surface area contributed by atoms with Gasteiger partial charge in [0.05, 0.1) is 28.8 Å². The largest absolute Gasteiger partial charge is 0.465 e. The van der Waals surface area contributed by atoms with Gasteiger partial charge in [-0.1, -0.05) is 36.4 Å². The number of anilines is 1. The van der Waals surface area contributed by atoms with E-state index in [1.807, 2.05) is 0 Å². The van der Waals surface area contributed by atoms with Gasteiger partial charge in [-0.2, -0.15) is 0 Å². The highest BCUT2D eigenvalue weighted by atomic mass is 32.2. The molecule has 4 rings (SSSR count). The number of benzene rings is 3. The van der Waals surface area contributed by atoms with Gasteiger partial charge in [0.15, 0.2) is 0 Å². The van der Waals surface area contributed by atoms with Crippen molar-refractivity contribution in [3.05, 3.63) is 96.4 Å². The lowest BCUT2D eigenvalue weighted by Crippen LogP contribution is -2.37. The Morgan fingerprint density at radius 2 is 1.58 bits per heavy atom. The maximum atomic E-state index is 13.5. The maximum absolute atomic E-state index is 13.5. The molecular weight excluding hydrogens is 447 g/mol. The summed E-state index contributed by atoms with van der Waals surface area (Å²) in [5, 5.41) is 0.497. The Kier molecular flexibility index (Phi) is 5.97. The van der Waals surface area contributed by atoms with Crippen LogP contribution in [0.5, 0.6) is 0 Å². The van der Waals surface area contributed by atoms with Crippen LogP contribution in [-0.2, 0) is 14.8 Å². The molecule has 0 spiro atoms. The number of aromatic nitrogens is 1. The number of sulfonamides is 1. The Balaban J connectivity index is 1.80. The minimum Gasteiger partial charge on any atom is -0.465 e. The average molecular weight is 466 g/mol. The molecule has 0 fully saturated rings. The van der Waals surface area contributed by atoms with Gasteiger partial charge >= 0.3 is 5.97 Å². The van der Waals surface area contributed by atoms with Crippen LogP contribution in [0.3, 0.4) is 0 Å². The molecule has 0 saturated heterocycles. The number of fused-ring (bicyclic) bond motifs is 1. The number of carbonyl (C=O) groups excluding carboxylic acids is 2. The Hall–Kier alpha value is -3.98. The topological polar surface area (TPSA) is 85.7 Å². The monoisotopic (exact) mass is 466 g/mol. The summed E-state index contributed by atoms with van der Waals surface area (Å²) < 4.78 is 47.2. The summed E-state index contributed by atoms with van der Waals surface area (Å²) in [6.07, 6.45) is 1.33. The Labute approximate surface area is 189 Å². The third kappa shape index (κ3) is 4.22. The molecule has 0 bridgehead atoms. The molecule has 33 heavy (non-hydrogen) atoms. The van der Waals surface area contributed by atoms with Crippen LogP contribution in [-0.4, -0.2) is 38.5 Å². The summed E-state index contributed by atoms with van der Waals surface area (Å²) in [7, 11) is -2.92. The zero-order chi connectivity index (χ0) is 23.6. The van der Waals surface area contributed by atoms with E-state index in [4.69, 9.17) is 4.74 Å². The van der Waals surface area contributed by atoms with Gasteiger partial charge in [-0.25, -0.2) is 17.6 Å². The molecule has 0 unspecified atom stereocenters. The predicted molar refractivity (Wildman–Crippen MR) is 121 cm³/mol. The zero-order valence-electron chi connectivity index (χ0n) is 17.5. The van der Waals surface area contributed by atoms with Crippen molar-refractivity contribution < 1.29 is 27.1 Å². The van der Waals surface area contributed by atoms with Crippen molar-refractivity contribution in [3.63, 3.8) is 0 Å². The minimum atomic E-state index is -4.15. The molecule has 0 saturated carbocycles. The molecule has 0 aliphatic rings. The number of carbonyl (C=O) groups is 2. The lowest BCUT2D eigenvalue weighted by molar-refractivity contribution is 0.0603. The second kappa shape index (κ2) is 8.87. The van der Waals surface area contributed by atoms with Gasteiger partial charge in [-0.05, 0) is 42.5 Å². The van der Waals surface area contributed by atoms with Crippen molar-refractivity contribution in [2.45, 2.75) is 4.90 Å². The smallest absolute Gasteiger partial charge is 0.340 e. The summed E-state index contributed by atoms with van der Waals surface area (Å²) in [6, 6.07) is 19.2. The van der Waals surface area contributed by atoms with Gasteiger partial charge in [-0.3, -0.25) is 13.7 Å². The molecule has 7 nitrogen and oxygen atoms in total. The molecule has 0 radical (unpaired) electrons. The Bertz CT molecular complexity index is 1430. The van der Waals surface area contributed by atoms with Crippen LogP contribution >= 0.6 is 0 Å². The van der Waals surface area contributed by atoms with Crippen molar-refractivity contribution in [1.82, 2.24) is 4.57 Å². The number of rotatable bonds is 6. The summed E-state index contributed by atoms with van der Waals surface area (Å²) in [6.45, 7) is -0.581. The van der Waals surface area contributed by atoms with Crippen LogP contribution in [0.4, 0.5) is 10.1 Å². The number of esters is 1. The molecule has 0 N–H and O–H groups in total. The van der Waals surface area contributed by atoms with Crippen LogP contribution in [0, 0.1) is 5.82 Å². The molecule has 0 amide bonds. The fraction of sp³-hybridized carbons (Fsp3) is 0.0833. The first-order valence-corrected chi connectivity index (χ1v) is 11.3. The van der Waals surface area contributed by atoms with E-state index in [0.29, 0.717) is 10.9 Å². The van der Waals surface area contributed by atoms with Crippen molar-refractivity contribution in [2.24, 2.45) is 0 Å². The summed E-state index contributed by atoms with van der Waals surface area (Å²) in [4.78, 5) is 25.5. The number of halogens is 1. The van der Waals surface area contributed by atoms with Crippen LogP contribution < -0.4 is 4.31 Å². The summed E-state index contributed by atoms with van der Waals surface area (Å²) in [5.41, 5.74) is 0.734. The van der Waals surface area contributed by atoms with E-state index in [1.165, 1.54) is 42.1 Å². The van der Waals surface area contributed by atoms with Crippen molar-refractivity contribution >= 4 is 38.5 Å². The second-order valence-electron chi connectivity index (χ2n) is 7.12. The first-order valence-electron chi connectivity index (χ1n) is 9.88. The molecule has 9 heteroatoms. The standard InChI is InChI=1S/C24H19FN2O5S/c1-32-24(29)21-15-26(22-10-6-5-9-20(21)22)23(28)16-27(18-13-11-17(25)12-14-18)33(30,31)19-7-3-2-4-8-19/h2-15H,16H2,1H3. The van der Waals surface area contributed by atoms with Crippen LogP contribution in [0.25, 0.3) is 10.9 Å². The van der Waals surface area contributed by atoms with E-state index >= 15 is 0 Å². The van der Waals surface area contributed by atoms with E-state index in [9.17, 15) is 22.4 Å². The highest BCUT2D eigenvalue weighted by Gasteiger charge is 2.29. The first-order chi connectivity index (χ1) is 15.8. The molecule has 1 aromatic heterocycles. The first kappa shape index (κ1) is 22.2. The summed E-state index contributed by atoms with van der Waals surface area (Å²) in [5.74, 6) is -1.77. The normalized spacial score (nSPS) is 11.3. The van der Waals surface area contributed by atoms with Crippen LogP contribution in [0.1, 0.15) is 15.2 Å². The van der Waals surface area contributed by atoms with Crippen molar-refractivity contribution in [1.29, 1.82) is 0 Å². The van der Waals surface area contributed by atoms with E-state index in [-0.39, 0.29) is 16.1 Å². The maximum Gasteiger partial charge on any atom is 0.340 e. The van der Waals surface area contributed by atoms with E-state index in [2.05, 4.69) is 0 Å². The highest BCUT2D eigenvalue weighted by molar-refractivity contribution is 7.92. The number of methoxy groups -OCH3 is 1. The van der Waals surface area contributed by atoms with Crippen molar-refractivity contribution in [3.8, 4) is 0 Å². The lowest BCUT2D eigenvalue weighted by Gasteiger charge is -2.24. The van der Waals surface area contributed by atoms with Gasteiger partial charge in [-0.15, -0.1) is 0 Å². The lowest BCUT2D eigenvalue weighted by atomic mass is 10.2. The Morgan fingerprint density at radius 3 is 2.24 bits per heavy atom. The molecular formula is C24H19FN2O5S. The third-order valence-electron chi connectivity index (χ3n) is 5.11. The number of hydrogen-bond donors (Lipinski definition) is 0. The van der Waals surface area contributed by atoms with Gasteiger partial charge in [0, 0.05) is 11.6 Å². The zero-order valence-corrected chi connectivity index (χ0v) is 18.3. The Morgan fingerprint density at radius 1 is 0.939 bits per heavy atom. The molecule has 4 aromatic rings. The molecule has 3 aromatic carbocycles. The van der Waals surface area contributed by atoms with Crippen LogP contribution in [0.2, 0.25) is 0 Å². The fourth-order valence-corrected chi connectivity index (χ4v) is 4.93. The third-order valence-corrected chi connectivity index (χ3v) is 6.90. The number of nitrogens with zero attached hydrogens (tertiary/aromatic N) is 2. The number of para-hydroxylation sites is 1. The quantitative estimate of drug-likeness (QED) is 0.400. The number of ether oxygens (including phenoxy) is 1. The van der Waals surface area contributed by atoms with Crippen molar-refractivity contribution in [2.75, 3.05) is 18.0 Å². The van der Waals surface area contributed by atoms with Gasteiger partial charge in [0.2, 0.25) is 0 Å². The van der Waals surface area contributed by atoms with E-state index in [1.54, 1.807) is 42.5 Å². The van der Waals surface area contributed by atoms with E-state index < -0.39 is 34.3 Å². The predicted octanol–water partition coefficient (Wildman–Crippen LogP) is 4.10. The summed E-state index contributed by atoms with van der Waals surface area (Å²) >= 11 is 0. The minimum absolute atomic E-state index is 0.0188. The molecule has 0 aliphatic heterocycles. The molecule has 0 aliphatic carbocycles. The van der Waals surface area contributed by atoms with Gasteiger partial charge < -0.3 is 4.74 Å².